The molecule has 5 rings (SSSR count). The molecule has 3 N–H and O–H groups in total. The Hall–Kier alpha value is -3.03. The fourth-order valence-corrected chi connectivity index (χ4v) is 6.20. The number of amides is 3. The van der Waals surface area contributed by atoms with Gasteiger partial charge >= 0.3 is 6.18 Å². The van der Waals surface area contributed by atoms with E-state index in [0.29, 0.717) is 6.42 Å². The lowest BCUT2D eigenvalue weighted by Crippen LogP contribution is -2.51. The summed E-state index contributed by atoms with van der Waals surface area (Å²) in [6.07, 6.45) is 1.52. The first-order chi connectivity index (χ1) is 16.6. The molecule has 0 radical (unpaired) electrons. The maximum Gasteiger partial charge on any atom is 0.431 e. The SMILES string of the molecule is N#CC(CC1CC2(CC2)NC1=O)NC(=O)C1C2CCCCC2CN1C(=O)c1ccc(C(F)(F)F)[nH]1. The Kier molecular flexibility index (Phi) is 5.80. The number of hydrogen-bond acceptors (Lipinski definition) is 4. The van der Waals surface area contributed by atoms with Gasteiger partial charge in [0.2, 0.25) is 11.8 Å². The molecule has 1 spiro atoms. The number of nitriles is 1. The topological polar surface area (TPSA) is 118 Å². The smallest absolute Gasteiger partial charge is 0.350 e. The number of rotatable bonds is 5. The number of nitrogens with one attached hydrogen (secondary N) is 3. The highest BCUT2D eigenvalue weighted by Crippen LogP contribution is 2.46. The molecule has 11 heteroatoms. The summed E-state index contributed by atoms with van der Waals surface area (Å²) < 4.78 is 39.1. The maximum atomic E-state index is 13.4. The van der Waals surface area contributed by atoms with Crippen LogP contribution >= 0.6 is 0 Å². The highest BCUT2D eigenvalue weighted by atomic mass is 19.4. The Bertz CT molecular complexity index is 1070. The molecule has 188 valence electrons. The summed E-state index contributed by atoms with van der Waals surface area (Å²) in [7, 11) is 0. The molecule has 5 atom stereocenters. The second kappa shape index (κ2) is 8.57. The number of aromatic nitrogens is 1. The summed E-state index contributed by atoms with van der Waals surface area (Å²) in [6.45, 7) is 0.284. The van der Waals surface area contributed by atoms with Crippen molar-refractivity contribution in [1.82, 2.24) is 20.5 Å². The first kappa shape index (κ1) is 23.7. The van der Waals surface area contributed by atoms with Crippen LogP contribution in [0.15, 0.2) is 12.1 Å². The molecule has 4 aliphatic rings. The summed E-state index contributed by atoms with van der Waals surface area (Å²) in [5, 5.41) is 15.4. The van der Waals surface area contributed by atoms with Gasteiger partial charge in [0.05, 0.1) is 6.07 Å². The van der Waals surface area contributed by atoms with Crippen molar-refractivity contribution in [2.24, 2.45) is 17.8 Å². The molecule has 2 saturated carbocycles. The van der Waals surface area contributed by atoms with Gasteiger partial charge in [-0.25, -0.2) is 0 Å². The standard InChI is InChI=1S/C24H28F3N5O3/c25-24(26,27)18-6-5-17(30-18)22(35)32-12-13-3-1-2-4-16(13)19(32)21(34)29-15(11-28)9-14-10-23(7-8-23)31-20(14)33/h5-6,13-16,19,30H,1-4,7-10,12H2,(H,29,34)(H,31,33). The molecule has 5 unspecified atom stereocenters. The van der Waals surface area contributed by atoms with Crippen molar-refractivity contribution < 1.29 is 27.6 Å². The van der Waals surface area contributed by atoms with Crippen molar-refractivity contribution in [1.29, 1.82) is 5.26 Å². The Labute approximate surface area is 200 Å². The third kappa shape index (κ3) is 4.50. The Morgan fingerprint density at radius 1 is 1.26 bits per heavy atom. The summed E-state index contributed by atoms with van der Waals surface area (Å²) in [5.41, 5.74) is -1.38. The number of fused-ring (bicyclic) bond motifs is 1. The van der Waals surface area contributed by atoms with Crippen LogP contribution in [-0.2, 0) is 15.8 Å². The Balaban J connectivity index is 1.32. The predicted octanol–water partition coefficient (Wildman–Crippen LogP) is 2.73. The quantitative estimate of drug-likeness (QED) is 0.587. The van der Waals surface area contributed by atoms with Gasteiger partial charge in [-0.3, -0.25) is 14.4 Å². The summed E-state index contributed by atoms with van der Waals surface area (Å²) in [6, 6.07) is 2.22. The van der Waals surface area contributed by atoms with Crippen LogP contribution in [0.2, 0.25) is 0 Å². The van der Waals surface area contributed by atoms with E-state index in [0.717, 1.165) is 50.7 Å². The van der Waals surface area contributed by atoms with Gasteiger partial charge in [-0.1, -0.05) is 12.8 Å². The molecule has 8 nitrogen and oxygen atoms in total. The van der Waals surface area contributed by atoms with Gasteiger partial charge in [-0.05, 0) is 62.5 Å². The fourth-order valence-electron chi connectivity index (χ4n) is 6.20. The zero-order chi connectivity index (χ0) is 25.0. The average Bonchev–Trinajstić information content (AvgIpc) is 3.18. The number of carbonyl (C=O) groups is 3. The third-order valence-corrected chi connectivity index (χ3v) is 8.13. The Morgan fingerprint density at radius 2 is 2.00 bits per heavy atom. The van der Waals surface area contributed by atoms with Crippen molar-refractivity contribution in [2.45, 2.75) is 75.2 Å². The van der Waals surface area contributed by atoms with Crippen LogP contribution in [-0.4, -0.2) is 51.8 Å². The number of halogens is 3. The van der Waals surface area contributed by atoms with E-state index in [1.54, 1.807) is 0 Å². The summed E-state index contributed by atoms with van der Waals surface area (Å²) in [5.74, 6) is -1.64. The van der Waals surface area contributed by atoms with Gasteiger partial charge in [-0.2, -0.15) is 18.4 Å². The van der Waals surface area contributed by atoms with Crippen LogP contribution in [0.5, 0.6) is 0 Å². The van der Waals surface area contributed by atoms with E-state index in [1.165, 1.54) is 4.90 Å². The van der Waals surface area contributed by atoms with Gasteiger partial charge in [0.25, 0.3) is 5.91 Å². The number of H-pyrrole nitrogens is 1. The minimum absolute atomic E-state index is 0.0800. The minimum atomic E-state index is -4.61. The van der Waals surface area contributed by atoms with Crippen molar-refractivity contribution >= 4 is 17.7 Å². The number of carbonyl (C=O) groups excluding carboxylic acids is 3. The number of alkyl halides is 3. The lowest BCUT2D eigenvalue weighted by Gasteiger charge is -2.30. The molecule has 35 heavy (non-hydrogen) atoms. The minimum Gasteiger partial charge on any atom is -0.350 e. The zero-order valence-electron chi connectivity index (χ0n) is 19.2. The van der Waals surface area contributed by atoms with Crippen LogP contribution in [0.3, 0.4) is 0 Å². The van der Waals surface area contributed by atoms with Gasteiger partial charge in [-0.15, -0.1) is 0 Å². The molecule has 2 saturated heterocycles. The van der Waals surface area contributed by atoms with Crippen LogP contribution in [0.25, 0.3) is 0 Å². The van der Waals surface area contributed by atoms with E-state index < -0.39 is 35.8 Å². The van der Waals surface area contributed by atoms with Crippen LogP contribution in [0.4, 0.5) is 13.2 Å². The maximum absolute atomic E-state index is 13.4. The molecule has 4 fully saturated rings. The molecule has 2 aliphatic heterocycles. The lowest BCUT2D eigenvalue weighted by molar-refractivity contribution is -0.140. The predicted molar refractivity (Wildman–Crippen MR) is 116 cm³/mol. The molecular formula is C24H28F3N5O3. The molecule has 1 aromatic heterocycles. The van der Waals surface area contributed by atoms with Crippen molar-refractivity contribution in [3.63, 3.8) is 0 Å². The largest absolute Gasteiger partial charge is 0.431 e. The molecule has 2 aliphatic carbocycles. The van der Waals surface area contributed by atoms with E-state index in [9.17, 15) is 32.8 Å². The van der Waals surface area contributed by atoms with Crippen LogP contribution in [0.1, 0.15) is 67.5 Å². The van der Waals surface area contributed by atoms with Gasteiger partial charge in [0.1, 0.15) is 23.5 Å². The second-order valence-corrected chi connectivity index (χ2v) is 10.5. The number of hydrogen-bond donors (Lipinski definition) is 3. The second-order valence-electron chi connectivity index (χ2n) is 10.5. The van der Waals surface area contributed by atoms with E-state index >= 15 is 0 Å². The molecule has 1 aromatic rings. The molecular weight excluding hydrogens is 463 g/mol. The molecule has 0 aromatic carbocycles. The monoisotopic (exact) mass is 491 g/mol. The average molecular weight is 492 g/mol. The number of likely N-dealkylation sites (tertiary alicyclic amines) is 1. The van der Waals surface area contributed by atoms with E-state index in [-0.39, 0.29) is 47.9 Å². The summed E-state index contributed by atoms with van der Waals surface area (Å²) in [4.78, 5) is 42.5. The number of aromatic amines is 1. The Morgan fingerprint density at radius 3 is 2.63 bits per heavy atom. The molecule has 3 amide bonds. The molecule has 0 bridgehead atoms. The van der Waals surface area contributed by atoms with Crippen LogP contribution < -0.4 is 10.6 Å². The van der Waals surface area contributed by atoms with E-state index in [2.05, 4.69) is 21.7 Å². The third-order valence-electron chi connectivity index (χ3n) is 8.13. The van der Waals surface area contributed by atoms with Crippen molar-refractivity contribution in [3.05, 3.63) is 23.5 Å². The van der Waals surface area contributed by atoms with Crippen molar-refractivity contribution in [3.8, 4) is 6.07 Å². The van der Waals surface area contributed by atoms with Gasteiger partial charge in [0.15, 0.2) is 0 Å². The first-order valence-electron chi connectivity index (χ1n) is 12.2. The van der Waals surface area contributed by atoms with Gasteiger partial charge in [0, 0.05) is 18.0 Å². The normalized spacial score (nSPS) is 29.9. The van der Waals surface area contributed by atoms with Gasteiger partial charge < -0.3 is 20.5 Å². The number of nitrogens with zero attached hydrogens (tertiary/aromatic N) is 2. The van der Waals surface area contributed by atoms with E-state index in [4.69, 9.17) is 0 Å². The zero-order valence-corrected chi connectivity index (χ0v) is 19.2. The van der Waals surface area contributed by atoms with E-state index in [1.807, 2.05) is 0 Å². The van der Waals surface area contributed by atoms with Crippen molar-refractivity contribution in [2.75, 3.05) is 6.54 Å². The molecule has 3 heterocycles. The summed E-state index contributed by atoms with van der Waals surface area (Å²) >= 11 is 0. The lowest BCUT2D eigenvalue weighted by atomic mass is 9.78. The highest BCUT2D eigenvalue weighted by molar-refractivity contribution is 5.97. The van der Waals surface area contributed by atoms with Crippen LogP contribution in [0, 0.1) is 29.1 Å². The highest BCUT2D eigenvalue weighted by Gasteiger charge is 2.53. The fraction of sp³-hybridized carbons (Fsp3) is 0.667. The first-order valence-corrected chi connectivity index (χ1v) is 12.2.